The molecule has 1 atom stereocenters. The number of hydrogen-bond donors (Lipinski definition) is 1. The average molecular weight is 304 g/mol. The van der Waals surface area contributed by atoms with Gasteiger partial charge in [0.25, 0.3) is 0 Å². The average Bonchev–Trinajstić information content (AvgIpc) is 2.55. The van der Waals surface area contributed by atoms with Crippen LogP contribution < -0.4 is 10.2 Å². The van der Waals surface area contributed by atoms with Crippen molar-refractivity contribution < 1.29 is 9.59 Å². The van der Waals surface area contributed by atoms with Gasteiger partial charge in [0.2, 0.25) is 11.8 Å². The Hall–Kier alpha value is -2.11. The molecule has 0 bridgehead atoms. The third-order valence-electron chi connectivity index (χ3n) is 3.79. The maximum Gasteiger partial charge on any atom is 0.244 e. The van der Waals surface area contributed by atoms with Crippen LogP contribution in [0.2, 0.25) is 0 Å². The molecular formula is C16H24N4O2. The van der Waals surface area contributed by atoms with Crippen molar-refractivity contribution in [2.24, 2.45) is 0 Å². The van der Waals surface area contributed by atoms with E-state index in [0.717, 1.165) is 25.3 Å². The molecule has 0 aliphatic carbocycles. The highest BCUT2D eigenvalue weighted by atomic mass is 16.2. The van der Waals surface area contributed by atoms with Crippen LogP contribution in [0.15, 0.2) is 24.4 Å². The molecule has 1 saturated heterocycles. The SMILES string of the molecule is CCCC(=O)NC(C)C(=O)N1CCN(c2ccccn2)CC1. The molecular weight excluding hydrogens is 280 g/mol. The number of carbonyl (C=O) groups excluding carboxylic acids is 2. The minimum Gasteiger partial charge on any atom is -0.353 e. The maximum atomic E-state index is 12.4. The number of nitrogens with one attached hydrogen (secondary N) is 1. The second kappa shape index (κ2) is 7.77. The summed E-state index contributed by atoms with van der Waals surface area (Å²) >= 11 is 0. The molecule has 2 amide bonds. The lowest BCUT2D eigenvalue weighted by Gasteiger charge is -2.36. The molecule has 120 valence electrons. The van der Waals surface area contributed by atoms with Crippen molar-refractivity contribution in [2.75, 3.05) is 31.1 Å². The first-order chi connectivity index (χ1) is 10.6. The standard InChI is InChI=1S/C16H24N4O2/c1-3-6-15(21)18-13(2)16(22)20-11-9-19(10-12-20)14-7-4-5-8-17-14/h4-5,7-8,13H,3,6,9-12H2,1-2H3,(H,18,21). The van der Waals surface area contributed by atoms with Crippen molar-refractivity contribution >= 4 is 17.6 Å². The van der Waals surface area contributed by atoms with Gasteiger partial charge >= 0.3 is 0 Å². The second-order valence-electron chi connectivity index (χ2n) is 5.54. The molecule has 2 rings (SSSR count). The molecule has 22 heavy (non-hydrogen) atoms. The quantitative estimate of drug-likeness (QED) is 0.882. The third kappa shape index (κ3) is 4.19. The number of nitrogens with zero attached hydrogens (tertiary/aromatic N) is 3. The van der Waals surface area contributed by atoms with Crippen molar-refractivity contribution in [1.82, 2.24) is 15.2 Å². The van der Waals surface area contributed by atoms with Crippen LogP contribution in [0.5, 0.6) is 0 Å². The molecule has 0 spiro atoms. The molecule has 1 fully saturated rings. The summed E-state index contributed by atoms with van der Waals surface area (Å²) in [7, 11) is 0. The van der Waals surface area contributed by atoms with Crippen molar-refractivity contribution in [3.05, 3.63) is 24.4 Å². The zero-order chi connectivity index (χ0) is 15.9. The first-order valence-corrected chi connectivity index (χ1v) is 7.86. The lowest BCUT2D eigenvalue weighted by Crippen LogP contribution is -2.54. The maximum absolute atomic E-state index is 12.4. The van der Waals surface area contributed by atoms with Gasteiger partial charge in [-0.15, -0.1) is 0 Å². The van der Waals surface area contributed by atoms with Crippen LogP contribution in [0.25, 0.3) is 0 Å². The number of pyridine rings is 1. The predicted molar refractivity (Wildman–Crippen MR) is 85.5 cm³/mol. The monoisotopic (exact) mass is 304 g/mol. The summed E-state index contributed by atoms with van der Waals surface area (Å²) in [5.41, 5.74) is 0. The van der Waals surface area contributed by atoms with E-state index >= 15 is 0 Å². The fraction of sp³-hybridized carbons (Fsp3) is 0.562. The van der Waals surface area contributed by atoms with E-state index < -0.39 is 6.04 Å². The normalized spacial score (nSPS) is 16.3. The molecule has 0 saturated carbocycles. The van der Waals surface area contributed by atoms with E-state index in [0.29, 0.717) is 19.5 Å². The first kappa shape index (κ1) is 16.3. The van der Waals surface area contributed by atoms with Crippen LogP contribution >= 0.6 is 0 Å². The largest absolute Gasteiger partial charge is 0.353 e. The Morgan fingerprint density at radius 1 is 1.27 bits per heavy atom. The number of amides is 2. The van der Waals surface area contributed by atoms with E-state index in [2.05, 4.69) is 15.2 Å². The van der Waals surface area contributed by atoms with Crippen LogP contribution in [-0.4, -0.2) is 53.9 Å². The molecule has 1 aromatic rings. The van der Waals surface area contributed by atoms with E-state index in [1.807, 2.05) is 30.0 Å². The van der Waals surface area contributed by atoms with E-state index in [-0.39, 0.29) is 11.8 Å². The molecule has 0 aromatic carbocycles. The lowest BCUT2D eigenvalue weighted by atomic mass is 10.2. The van der Waals surface area contributed by atoms with Crippen LogP contribution in [0.3, 0.4) is 0 Å². The lowest BCUT2D eigenvalue weighted by molar-refractivity contribution is -0.136. The Morgan fingerprint density at radius 3 is 2.59 bits per heavy atom. The van der Waals surface area contributed by atoms with Gasteiger partial charge in [-0.25, -0.2) is 4.98 Å². The molecule has 1 unspecified atom stereocenters. The summed E-state index contributed by atoms with van der Waals surface area (Å²) in [6.07, 6.45) is 3.03. The highest BCUT2D eigenvalue weighted by Crippen LogP contribution is 2.13. The van der Waals surface area contributed by atoms with Crippen LogP contribution in [0.1, 0.15) is 26.7 Å². The molecule has 1 aromatic heterocycles. The smallest absolute Gasteiger partial charge is 0.244 e. The van der Waals surface area contributed by atoms with Gasteiger partial charge in [-0.05, 0) is 25.5 Å². The van der Waals surface area contributed by atoms with Crippen LogP contribution in [0, 0.1) is 0 Å². The Bertz CT molecular complexity index is 498. The summed E-state index contributed by atoms with van der Waals surface area (Å²) in [6.45, 7) is 6.54. The zero-order valence-electron chi connectivity index (χ0n) is 13.3. The van der Waals surface area contributed by atoms with E-state index in [1.165, 1.54) is 0 Å². The van der Waals surface area contributed by atoms with Gasteiger partial charge in [0.1, 0.15) is 11.9 Å². The van der Waals surface area contributed by atoms with Gasteiger partial charge in [-0.3, -0.25) is 9.59 Å². The molecule has 0 radical (unpaired) electrons. The highest BCUT2D eigenvalue weighted by Gasteiger charge is 2.25. The number of aromatic nitrogens is 1. The fourth-order valence-electron chi connectivity index (χ4n) is 2.57. The van der Waals surface area contributed by atoms with E-state index in [4.69, 9.17) is 0 Å². The number of rotatable bonds is 5. The van der Waals surface area contributed by atoms with Gasteiger partial charge < -0.3 is 15.1 Å². The third-order valence-corrected chi connectivity index (χ3v) is 3.79. The summed E-state index contributed by atoms with van der Waals surface area (Å²) in [5.74, 6) is 0.875. The molecule has 6 nitrogen and oxygen atoms in total. The number of carbonyl (C=O) groups is 2. The molecule has 6 heteroatoms. The molecule has 2 heterocycles. The molecule has 1 aliphatic rings. The van der Waals surface area contributed by atoms with Crippen LogP contribution in [-0.2, 0) is 9.59 Å². The number of anilines is 1. The second-order valence-corrected chi connectivity index (χ2v) is 5.54. The zero-order valence-corrected chi connectivity index (χ0v) is 13.3. The van der Waals surface area contributed by atoms with E-state index in [9.17, 15) is 9.59 Å². The van der Waals surface area contributed by atoms with Gasteiger partial charge in [0.15, 0.2) is 0 Å². The van der Waals surface area contributed by atoms with Gasteiger partial charge in [0.05, 0.1) is 0 Å². The summed E-state index contributed by atoms with van der Waals surface area (Å²) in [4.78, 5) is 32.3. The number of piperazine rings is 1. The Kier molecular flexibility index (Phi) is 5.75. The van der Waals surface area contributed by atoms with Gasteiger partial charge in [-0.1, -0.05) is 13.0 Å². The Morgan fingerprint density at radius 2 is 2.00 bits per heavy atom. The minimum absolute atomic E-state index is 0.00914. The Balaban J connectivity index is 1.83. The Labute approximate surface area is 131 Å². The highest BCUT2D eigenvalue weighted by molar-refractivity contribution is 5.87. The topological polar surface area (TPSA) is 65.5 Å². The van der Waals surface area contributed by atoms with Gasteiger partial charge in [0, 0.05) is 38.8 Å². The van der Waals surface area contributed by atoms with Crippen molar-refractivity contribution in [3.8, 4) is 0 Å². The fourth-order valence-corrected chi connectivity index (χ4v) is 2.57. The summed E-state index contributed by atoms with van der Waals surface area (Å²) in [6, 6.07) is 5.38. The first-order valence-electron chi connectivity index (χ1n) is 7.86. The molecule has 1 N–H and O–H groups in total. The number of hydrogen-bond acceptors (Lipinski definition) is 4. The van der Waals surface area contributed by atoms with Crippen molar-refractivity contribution in [2.45, 2.75) is 32.7 Å². The summed E-state index contributed by atoms with van der Waals surface area (Å²) in [5, 5.41) is 2.76. The van der Waals surface area contributed by atoms with E-state index in [1.54, 1.807) is 13.1 Å². The van der Waals surface area contributed by atoms with Crippen LogP contribution in [0.4, 0.5) is 5.82 Å². The van der Waals surface area contributed by atoms with Gasteiger partial charge in [-0.2, -0.15) is 0 Å². The predicted octanol–water partition coefficient (Wildman–Crippen LogP) is 1.03. The minimum atomic E-state index is -0.458. The van der Waals surface area contributed by atoms with Crippen molar-refractivity contribution in [1.29, 1.82) is 0 Å². The summed E-state index contributed by atoms with van der Waals surface area (Å²) < 4.78 is 0. The molecule has 1 aliphatic heterocycles. The van der Waals surface area contributed by atoms with Crippen molar-refractivity contribution in [3.63, 3.8) is 0 Å².